The van der Waals surface area contributed by atoms with E-state index >= 15 is 0 Å². The average molecular weight is 259 g/mol. The van der Waals surface area contributed by atoms with E-state index in [2.05, 4.69) is 25.2 Å². The number of nitriles is 1. The number of nitrogens with zero attached hydrogens (tertiary/aromatic N) is 2. The minimum absolute atomic E-state index is 0.656. The van der Waals surface area contributed by atoms with E-state index in [0.29, 0.717) is 6.04 Å². The molecule has 3 nitrogen and oxygen atoms in total. The van der Waals surface area contributed by atoms with E-state index in [1.807, 2.05) is 17.7 Å². The molecule has 1 aliphatic carbocycles. The summed E-state index contributed by atoms with van der Waals surface area (Å²) in [5, 5.41) is 12.8. The number of aromatic nitrogens is 1. The predicted octanol–water partition coefficient (Wildman–Crippen LogP) is 3.26. The van der Waals surface area contributed by atoms with Crippen molar-refractivity contribution in [1.82, 2.24) is 9.88 Å². The van der Waals surface area contributed by atoms with Gasteiger partial charge in [0.2, 0.25) is 0 Å². The molecule has 1 aliphatic rings. The first kappa shape index (κ1) is 14.1. The minimum Gasteiger partial charge on any atom is -0.340 e. The molecule has 0 spiro atoms. The van der Waals surface area contributed by atoms with Crippen LogP contribution < -0.4 is 5.32 Å². The van der Waals surface area contributed by atoms with Gasteiger partial charge in [-0.15, -0.1) is 0 Å². The lowest BCUT2D eigenvalue weighted by Crippen LogP contribution is -2.37. The van der Waals surface area contributed by atoms with Gasteiger partial charge in [-0.2, -0.15) is 5.26 Å². The summed E-state index contributed by atoms with van der Waals surface area (Å²) in [6.45, 7) is 5.28. The topological polar surface area (TPSA) is 40.8 Å². The zero-order valence-electron chi connectivity index (χ0n) is 12.4. The van der Waals surface area contributed by atoms with Crippen LogP contribution >= 0.6 is 0 Å². The monoisotopic (exact) mass is 259 g/mol. The zero-order chi connectivity index (χ0) is 13.8. The van der Waals surface area contributed by atoms with Gasteiger partial charge in [0, 0.05) is 25.3 Å². The van der Waals surface area contributed by atoms with Gasteiger partial charge in [-0.1, -0.05) is 26.2 Å². The molecule has 104 valence electrons. The third-order valence-corrected chi connectivity index (χ3v) is 4.74. The molecule has 2 rings (SSSR count). The summed E-state index contributed by atoms with van der Waals surface area (Å²) in [7, 11) is 1.97. The van der Waals surface area contributed by atoms with Gasteiger partial charge in [-0.25, -0.2) is 0 Å². The Morgan fingerprint density at radius 1 is 1.42 bits per heavy atom. The summed E-state index contributed by atoms with van der Waals surface area (Å²) in [6, 6.07) is 4.93. The Morgan fingerprint density at radius 3 is 2.79 bits per heavy atom. The lowest BCUT2D eigenvalue weighted by atomic mass is 9.83. The molecule has 1 N–H and O–H groups in total. The fraction of sp³-hybridized carbons (Fsp3) is 0.688. The summed E-state index contributed by atoms with van der Waals surface area (Å²) >= 11 is 0. The van der Waals surface area contributed by atoms with Crippen LogP contribution in [0.4, 0.5) is 0 Å². The number of rotatable bonds is 4. The van der Waals surface area contributed by atoms with Crippen LogP contribution in [-0.4, -0.2) is 10.6 Å². The van der Waals surface area contributed by atoms with Crippen LogP contribution in [0.1, 0.15) is 56.0 Å². The zero-order valence-corrected chi connectivity index (χ0v) is 12.4. The highest BCUT2D eigenvalue weighted by molar-refractivity contribution is 5.34. The molecule has 1 fully saturated rings. The Hall–Kier alpha value is -1.27. The normalized spacial score (nSPS) is 23.3. The van der Waals surface area contributed by atoms with E-state index in [-0.39, 0.29) is 0 Å². The molecule has 0 aliphatic heterocycles. The Bertz CT molecular complexity index is 467. The number of nitrogens with one attached hydrogen (secondary N) is 1. The molecule has 0 amide bonds. The third kappa shape index (κ3) is 3.01. The second-order valence-electron chi connectivity index (χ2n) is 5.75. The summed E-state index contributed by atoms with van der Waals surface area (Å²) in [6.07, 6.45) is 6.68. The Kier molecular flexibility index (Phi) is 4.66. The van der Waals surface area contributed by atoms with E-state index in [1.54, 1.807) is 0 Å². The molecule has 1 saturated carbocycles. The van der Waals surface area contributed by atoms with Crippen molar-refractivity contribution >= 4 is 0 Å². The van der Waals surface area contributed by atoms with Crippen LogP contribution in [0.5, 0.6) is 0 Å². The summed E-state index contributed by atoms with van der Waals surface area (Å²) < 4.78 is 1.98. The molecular weight excluding hydrogens is 234 g/mol. The highest BCUT2D eigenvalue weighted by Gasteiger charge is 2.23. The first-order valence-electron chi connectivity index (χ1n) is 7.46. The highest BCUT2D eigenvalue weighted by atomic mass is 15.0. The van der Waals surface area contributed by atoms with Gasteiger partial charge >= 0.3 is 0 Å². The predicted molar refractivity (Wildman–Crippen MR) is 77.7 cm³/mol. The Balaban J connectivity index is 2.00. The fourth-order valence-electron chi connectivity index (χ4n) is 3.25. The Morgan fingerprint density at radius 2 is 2.16 bits per heavy atom. The van der Waals surface area contributed by atoms with Crippen LogP contribution in [0, 0.1) is 24.2 Å². The molecule has 1 aromatic heterocycles. The van der Waals surface area contributed by atoms with Crippen molar-refractivity contribution in [3.63, 3.8) is 0 Å². The van der Waals surface area contributed by atoms with Gasteiger partial charge in [-0.3, -0.25) is 0 Å². The quantitative estimate of drug-likeness (QED) is 0.901. The van der Waals surface area contributed by atoms with Crippen molar-refractivity contribution in [3.8, 4) is 6.07 Å². The lowest BCUT2D eigenvalue weighted by Gasteiger charge is -2.31. The van der Waals surface area contributed by atoms with Crippen molar-refractivity contribution < 1.29 is 0 Å². The second-order valence-corrected chi connectivity index (χ2v) is 5.75. The highest BCUT2D eigenvalue weighted by Crippen LogP contribution is 2.27. The summed E-state index contributed by atoms with van der Waals surface area (Å²) in [5.74, 6) is 0.827. The van der Waals surface area contributed by atoms with Gasteiger partial charge in [0.25, 0.3) is 0 Å². The standard InChI is InChI=1S/C16H25N3/c1-4-13-7-5-6-8-16(13)18-11-14-9-15(10-17)19(3)12(14)2/h9,13,16,18H,4-8,11H2,1-3H3. The van der Waals surface area contributed by atoms with Crippen LogP contribution in [-0.2, 0) is 13.6 Å². The van der Waals surface area contributed by atoms with Crippen LogP contribution in [0.15, 0.2) is 6.07 Å². The number of hydrogen-bond donors (Lipinski definition) is 1. The van der Waals surface area contributed by atoms with Gasteiger partial charge < -0.3 is 9.88 Å². The largest absolute Gasteiger partial charge is 0.340 e. The van der Waals surface area contributed by atoms with E-state index < -0.39 is 0 Å². The van der Waals surface area contributed by atoms with Crippen molar-refractivity contribution in [2.75, 3.05) is 0 Å². The van der Waals surface area contributed by atoms with Gasteiger partial charge in [0.05, 0.1) is 0 Å². The molecule has 2 unspecified atom stereocenters. The molecule has 0 aromatic carbocycles. The third-order valence-electron chi connectivity index (χ3n) is 4.74. The fourth-order valence-corrected chi connectivity index (χ4v) is 3.25. The second kappa shape index (κ2) is 6.25. The van der Waals surface area contributed by atoms with E-state index in [4.69, 9.17) is 5.26 Å². The van der Waals surface area contributed by atoms with E-state index in [0.717, 1.165) is 18.2 Å². The summed E-state index contributed by atoms with van der Waals surface area (Å²) in [5.41, 5.74) is 3.22. The van der Waals surface area contributed by atoms with Crippen molar-refractivity contribution in [2.24, 2.45) is 13.0 Å². The van der Waals surface area contributed by atoms with Crippen LogP contribution in [0.2, 0.25) is 0 Å². The van der Waals surface area contributed by atoms with E-state index in [9.17, 15) is 0 Å². The van der Waals surface area contributed by atoms with E-state index in [1.165, 1.54) is 43.4 Å². The van der Waals surface area contributed by atoms with Gasteiger partial charge in [-0.05, 0) is 37.3 Å². The first-order valence-corrected chi connectivity index (χ1v) is 7.46. The molecule has 0 radical (unpaired) electrons. The van der Waals surface area contributed by atoms with Crippen molar-refractivity contribution in [3.05, 3.63) is 23.0 Å². The van der Waals surface area contributed by atoms with Gasteiger partial charge in [0.15, 0.2) is 0 Å². The first-order chi connectivity index (χ1) is 9.17. The SMILES string of the molecule is CCC1CCCCC1NCc1cc(C#N)n(C)c1C. The van der Waals surface area contributed by atoms with Crippen LogP contribution in [0.3, 0.4) is 0 Å². The molecular formula is C16H25N3. The molecule has 2 atom stereocenters. The van der Waals surface area contributed by atoms with Crippen molar-refractivity contribution in [2.45, 2.75) is 58.5 Å². The number of hydrogen-bond acceptors (Lipinski definition) is 2. The molecule has 1 aromatic rings. The van der Waals surface area contributed by atoms with Crippen LogP contribution in [0.25, 0.3) is 0 Å². The van der Waals surface area contributed by atoms with Gasteiger partial charge in [0.1, 0.15) is 11.8 Å². The Labute approximate surface area is 116 Å². The molecule has 0 bridgehead atoms. The molecule has 19 heavy (non-hydrogen) atoms. The molecule has 3 heteroatoms. The average Bonchev–Trinajstić information content (AvgIpc) is 2.73. The minimum atomic E-state index is 0.656. The maximum Gasteiger partial charge on any atom is 0.120 e. The molecule has 1 heterocycles. The summed E-state index contributed by atoms with van der Waals surface area (Å²) in [4.78, 5) is 0. The maximum absolute atomic E-state index is 9.06. The smallest absolute Gasteiger partial charge is 0.120 e. The molecule has 0 saturated heterocycles. The lowest BCUT2D eigenvalue weighted by molar-refractivity contribution is 0.254. The maximum atomic E-state index is 9.06. The van der Waals surface area contributed by atoms with Crippen molar-refractivity contribution in [1.29, 1.82) is 5.26 Å².